The molecule has 1 aromatic carbocycles. The van der Waals surface area contributed by atoms with Gasteiger partial charge in [-0.25, -0.2) is 4.39 Å². The van der Waals surface area contributed by atoms with E-state index >= 15 is 0 Å². The molecule has 1 aliphatic rings. The van der Waals surface area contributed by atoms with E-state index in [2.05, 4.69) is 20.0 Å². The average molecular weight is 381 g/mol. The normalized spacial score (nSPS) is 14.3. The fraction of sp³-hybridized carbons (Fsp3) is 0.300. The molecule has 0 unspecified atom stereocenters. The molecule has 28 heavy (non-hydrogen) atoms. The quantitative estimate of drug-likeness (QED) is 0.676. The summed E-state index contributed by atoms with van der Waals surface area (Å²) < 4.78 is 18.3. The minimum Gasteiger partial charge on any atom is -0.368 e. The van der Waals surface area contributed by atoms with E-state index in [4.69, 9.17) is 4.52 Å². The number of nitrogens with zero attached hydrogens (tertiary/aromatic N) is 5. The second-order valence-corrected chi connectivity index (χ2v) is 6.57. The van der Waals surface area contributed by atoms with Crippen LogP contribution in [0.2, 0.25) is 0 Å². The van der Waals surface area contributed by atoms with Crippen LogP contribution in [0.5, 0.6) is 0 Å². The van der Waals surface area contributed by atoms with E-state index < -0.39 is 0 Å². The van der Waals surface area contributed by atoms with E-state index in [0.717, 1.165) is 18.8 Å². The highest BCUT2D eigenvalue weighted by Gasteiger charge is 2.22. The summed E-state index contributed by atoms with van der Waals surface area (Å²) in [5, 5.41) is 3.92. The van der Waals surface area contributed by atoms with Crippen LogP contribution in [0.15, 0.2) is 53.2 Å². The maximum atomic E-state index is 13.1. The predicted molar refractivity (Wildman–Crippen MR) is 101 cm³/mol. The summed E-state index contributed by atoms with van der Waals surface area (Å²) in [7, 11) is 0. The van der Waals surface area contributed by atoms with Gasteiger partial charge in [0.25, 0.3) is 0 Å². The van der Waals surface area contributed by atoms with Crippen LogP contribution in [0.1, 0.15) is 12.3 Å². The van der Waals surface area contributed by atoms with Crippen molar-refractivity contribution in [3.63, 3.8) is 0 Å². The first-order chi connectivity index (χ1) is 13.7. The van der Waals surface area contributed by atoms with Crippen LogP contribution in [0.25, 0.3) is 11.5 Å². The Morgan fingerprint density at radius 2 is 1.86 bits per heavy atom. The lowest BCUT2D eigenvalue weighted by Gasteiger charge is -2.36. The number of rotatable bonds is 5. The second kappa shape index (κ2) is 8.16. The maximum absolute atomic E-state index is 13.1. The molecule has 144 valence electrons. The number of benzene rings is 1. The summed E-state index contributed by atoms with van der Waals surface area (Å²) in [4.78, 5) is 25.0. The molecule has 0 N–H and O–H groups in total. The molecule has 4 rings (SSSR count). The van der Waals surface area contributed by atoms with Crippen molar-refractivity contribution in [2.45, 2.75) is 12.8 Å². The molecule has 1 amide bonds. The van der Waals surface area contributed by atoms with Crippen LogP contribution >= 0.6 is 0 Å². The molecule has 0 atom stereocenters. The third-order valence-corrected chi connectivity index (χ3v) is 4.74. The fourth-order valence-electron chi connectivity index (χ4n) is 3.19. The van der Waals surface area contributed by atoms with Gasteiger partial charge in [-0.1, -0.05) is 11.2 Å². The summed E-state index contributed by atoms with van der Waals surface area (Å²) in [6.07, 6.45) is 2.39. The van der Waals surface area contributed by atoms with E-state index in [1.54, 1.807) is 24.4 Å². The topological polar surface area (TPSA) is 75.4 Å². The zero-order valence-electron chi connectivity index (χ0n) is 15.3. The van der Waals surface area contributed by atoms with Gasteiger partial charge in [-0.05, 0) is 36.4 Å². The van der Waals surface area contributed by atoms with Gasteiger partial charge in [0.05, 0.1) is 0 Å². The first-order valence-electron chi connectivity index (χ1n) is 9.21. The van der Waals surface area contributed by atoms with Crippen molar-refractivity contribution in [1.82, 2.24) is 20.0 Å². The Morgan fingerprint density at radius 3 is 2.57 bits per heavy atom. The van der Waals surface area contributed by atoms with Crippen molar-refractivity contribution in [2.75, 3.05) is 31.1 Å². The molecule has 8 heteroatoms. The van der Waals surface area contributed by atoms with Crippen molar-refractivity contribution < 1.29 is 13.7 Å². The summed E-state index contributed by atoms with van der Waals surface area (Å²) in [5.41, 5.74) is 1.61. The summed E-state index contributed by atoms with van der Waals surface area (Å²) in [5.74, 6) is 0.677. The van der Waals surface area contributed by atoms with Gasteiger partial charge in [0.1, 0.15) is 11.5 Å². The van der Waals surface area contributed by atoms with Crippen molar-refractivity contribution >= 4 is 11.6 Å². The summed E-state index contributed by atoms with van der Waals surface area (Å²) in [6, 6.07) is 11.9. The Labute approximate surface area is 161 Å². The predicted octanol–water partition coefficient (Wildman–Crippen LogP) is 2.55. The molecule has 0 radical (unpaired) electrons. The standard InChI is InChI=1S/C20H20FN5O2/c21-15-4-6-16(7-5-15)25-11-13-26(14-12-25)19(27)9-8-18-23-20(24-28-18)17-3-1-2-10-22-17/h1-7,10H,8-9,11-14H2. The maximum Gasteiger partial charge on any atom is 0.227 e. The van der Waals surface area contributed by atoms with Crippen LogP contribution in [-0.2, 0) is 11.2 Å². The molecule has 2 aromatic heterocycles. The largest absolute Gasteiger partial charge is 0.368 e. The van der Waals surface area contributed by atoms with Crippen molar-refractivity contribution in [3.8, 4) is 11.5 Å². The smallest absolute Gasteiger partial charge is 0.227 e. The Kier molecular flexibility index (Phi) is 5.27. The van der Waals surface area contributed by atoms with E-state index in [-0.39, 0.29) is 11.7 Å². The van der Waals surface area contributed by atoms with Gasteiger partial charge < -0.3 is 14.3 Å². The van der Waals surface area contributed by atoms with Crippen LogP contribution in [0, 0.1) is 5.82 Å². The van der Waals surface area contributed by atoms with Gasteiger partial charge >= 0.3 is 0 Å². The fourth-order valence-corrected chi connectivity index (χ4v) is 3.19. The van der Waals surface area contributed by atoms with Gasteiger partial charge in [0, 0.05) is 50.9 Å². The van der Waals surface area contributed by atoms with E-state index in [1.807, 2.05) is 17.0 Å². The van der Waals surface area contributed by atoms with Crippen molar-refractivity contribution in [3.05, 3.63) is 60.4 Å². The van der Waals surface area contributed by atoms with Crippen molar-refractivity contribution in [1.29, 1.82) is 0 Å². The van der Waals surface area contributed by atoms with Crippen LogP contribution < -0.4 is 4.90 Å². The Hall–Kier alpha value is -3.29. The summed E-state index contributed by atoms with van der Waals surface area (Å²) in [6.45, 7) is 2.72. The first-order valence-corrected chi connectivity index (χ1v) is 9.21. The highest BCUT2D eigenvalue weighted by Crippen LogP contribution is 2.18. The van der Waals surface area contributed by atoms with Crippen LogP contribution in [-0.4, -0.2) is 52.1 Å². The van der Waals surface area contributed by atoms with Gasteiger partial charge in [0.15, 0.2) is 0 Å². The number of carbonyl (C=O) groups excluding carboxylic acids is 1. The number of amides is 1. The number of hydrogen-bond donors (Lipinski definition) is 0. The zero-order valence-corrected chi connectivity index (χ0v) is 15.3. The molecule has 1 fully saturated rings. The third kappa shape index (κ3) is 4.16. The number of aromatic nitrogens is 3. The van der Waals surface area contributed by atoms with Crippen molar-refractivity contribution in [2.24, 2.45) is 0 Å². The Balaban J connectivity index is 1.27. The zero-order chi connectivity index (χ0) is 19.3. The van der Waals surface area contributed by atoms with Crippen LogP contribution in [0.4, 0.5) is 10.1 Å². The van der Waals surface area contributed by atoms with Gasteiger partial charge in [-0.3, -0.25) is 9.78 Å². The first kappa shape index (κ1) is 18.1. The molecule has 3 aromatic rings. The molecule has 3 heterocycles. The minimum atomic E-state index is -0.246. The lowest BCUT2D eigenvalue weighted by molar-refractivity contribution is -0.131. The number of halogens is 1. The van der Waals surface area contributed by atoms with Gasteiger partial charge in [0.2, 0.25) is 17.6 Å². The van der Waals surface area contributed by atoms with E-state index in [1.165, 1.54) is 12.1 Å². The van der Waals surface area contributed by atoms with Crippen LogP contribution in [0.3, 0.4) is 0 Å². The highest BCUT2D eigenvalue weighted by atomic mass is 19.1. The average Bonchev–Trinajstić information content (AvgIpc) is 3.22. The second-order valence-electron chi connectivity index (χ2n) is 6.57. The molecule has 0 aliphatic carbocycles. The number of hydrogen-bond acceptors (Lipinski definition) is 6. The Bertz CT molecular complexity index is 921. The molecular weight excluding hydrogens is 361 g/mol. The van der Waals surface area contributed by atoms with Gasteiger partial charge in [-0.2, -0.15) is 4.98 Å². The molecule has 0 bridgehead atoms. The minimum absolute atomic E-state index is 0.0661. The lowest BCUT2D eigenvalue weighted by atomic mass is 10.2. The lowest BCUT2D eigenvalue weighted by Crippen LogP contribution is -2.48. The SMILES string of the molecule is O=C(CCc1nc(-c2ccccn2)no1)N1CCN(c2ccc(F)cc2)CC1. The number of piperazine rings is 1. The molecule has 0 saturated carbocycles. The van der Waals surface area contributed by atoms with E-state index in [0.29, 0.717) is 43.3 Å². The van der Waals surface area contributed by atoms with E-state index in [9.17, 15) is 9.18 Å². The molecule has 0 spiro atoms. The number of aryl methyl sites for hydroxylation is 1. The number of pyridine rings is 1. The highest BCUT2D eigenvalue weighted by molar-refractivity contribution is 5.76. The monoisotopic (exact) mass is 381 g/mol. The molecule has 1 saturated heterocycles. The van der Waals surface area contributed by atoms with Gasteiger partial charge in [-0.15, -0.1) is 0 Å². The number of carbonyl (C=O) groups is 1. The molecular formula is C20H20FN5O2. The Morgan fingerprint density at radius 1 is 1.07 bits per heavy atom. The molecule has 7 nitrogen and oxygen atoms in total. The number of anilines is 1. The third-order valence-electron chi connectivity index (χ3n) is 4.74. The molecule has 1 aliphatic heterocycles. The summed E-state index contributed by atoms with van der Waals surface area (Å²) >= 11 is 0.